The van der Waals surface area contributed by atoms with E-state index in [1.807, 2.05) is 6.08 Å². The van der Waals surface area contributed by atoms with Crippen molar-refractivity contribution < 1.29 is 14.7 Å². The Hall–Kier alpha value is -1.22. The van der Waals surface area contributed by atoms with Gasteiger partial charge >= 0.3 is 0 Å². The lowest BCUT2D eigenvalue weighted by molar-refractivity contribution is -0.130. The van der Waals surface area contributed by atoms with Gasteiger partial charge in [0.2, 0.25) is 0 Å². The fourth-order valence-corrected chi connectivity index (χ4v) is 6.75. The van der Waals surface area contributed by atoms with E-state index in [9.17, 15) is 14.7 Å². The molecule has 1 N–H and O–H groups in total. The number of hydrogen-bond acceptors (Lipinski definition) is 3. The average molecular weight is 328 g/mol. The maximum Gasteiger partial charge on any atom is 0.156 e. The molecule has 24 heavy (non-hydrogen) atoms. The highest BCUT2D eigenvalue weighted by atomic mass is 16.3. The fourth-order valence-electron chi connectivity index (χ4n) is 6.75. The van der Waals surface area contributed by atoms with Crippen LogP contribution < -0.4 is 0 Å². The lowest BCUT2D eigenvalue weighted by Crippen LogP contribution is -2.49. The van der Waals surface area contributed by atoms with Crippen LogP contribution >= 0.6 is 0 Å². The average Bonchev–Trinajstić information content (AvgIpc) is 2.78. The first-order valence-corrected chi connectivity index (χ1v) is 9.39. The van der Waals surface area contributed by atoms with Gasteiger partial charge in [0.1, 0.15) is 5.78 Å². The van der Waals surface area contributed by atoms with Crippen molar-refractivity contribution in [2.24, 2.45) is 34.5 Å². The lowest BCUT2D eigenvalue weighted by Gasteiger charge is -2.55. The fraction of sp³-hybridized carbons (Fsp3) is 0.714. The van der Waals surface area contributed by atoms with Gasteiger partial charge in [-0.15, -0.1) is 0 Å². The molecule has 2 saturated carbocycles. The van der Waals surface area contributed by atoms with Gasteiger partial charge in [0.15, 0.2) is 5.78 Å². The van der Waals surface area contributed by atoms with Crippen LogP contribution in [-0.4, -0.2) is 22.8 Å². The van der Waals surface area contributed by atoms with E-state index in [-0.39, 0.29) is 28.3 Å². The summed E-state index contributed by atoms with van der Waals surface area (Å²) in [5, 5.41) is 10.6. The molecule has 4 aliphatic carbocycles. The predicted molar refractivity (Wildman–Crippen MR) is 92.2 cm³/mol. The molecule has 0 heterocycles. The molecule has 0 aliphatic heterocycles. The molecule has 3 heteroatoms. The third kappa shape index (κ3) is 2.00. The first-order valence-electron chi connectivity index (χ1n) is 9.39. The number of rotatable bonds is 1. The number of ketones is 2. The molecule has 0 aromatic rings. The smallest absolute Gasteiger partial charge is 0.156 e. The number of fused-ring (bicyclic) bond motifs is 5. The molecule has 130 valence electrons. The Kier molecular flexibility index (Phi) is 3.48. The van der Waals surface area contributed by atoms with Crippen LogP contribution in [0, 0.1) is 34.5 Å². The van der Waals surface area contributed by atoms with Crippen molar-refractivity contribution in [3.63, 3.8) is 0 Å². The van der Waals surface area contributed by atoms with Crippen molar-refractivity contribution >= 4 is 11.6 Å². The lowest BCUT2D eigenvalue weighted by atomic mass is 9.48. The second-order valence-electron chi connectivity index (χ2n) is 9.07. The van der Waals surface area contributed by atoms with Crippen molar-refractivity contribution in [3.05, 3.63) is 23.8 Å². The number of hydrogen-bond donors (Lipinski definition) is 1. The zero-order valence-electron chi connectivity index (χ0n) is 14.9. The highest BCUT2D eigenvalue weighted by Crippen LogP contribution is 2.65. The van der Waals surface area contributed by atoms with Crippen LogP contribution in [0.5, 0.6) is 0 Å². The Morgan fingerprint density at radius 3 is 2.71 bits per heavy atom. The summed E-state index contributed by atoms with van der Waals surface area (Å²) in [6, 6.07) is 0. The maximum absolute atomic E-state index is 12.2. The van der Waals surface area contributed by atoms with Crippen LogP contribution in [0.25, 0.3) is 0 Å². The van der Waals surface area contributed by atoms with E-state index in [0.717, 1.165) is 25.7 Å². The molecule has 0 amide bonds. The predicted octanol–water partition coefficient (Wildman–Crippen LogP) is 3.47. The third-order valence-electron chi connectivity index (χ3n) is 7.98. The van der Waals surface area contributed by atoms with E-state index in [1.54, 1.807) is 6.92 Å². The molecule has 0 radical (unpaired) electrons. The van der Waals surface area contributed by atoms with Crippen LogP contribution in [-0.2, 0) is 9.59 Å². The molecule has 0 aromatic heterocycles. The van der Waals surface area contributed by atoms with E-state index in [4.69, 9.17) is 0 Å². The molecule has 1 unspecified atom stereocenters. The summed E-state index contributed by atoms with van der Waals surface area (Å²) >= 11 is 0. The van der Waals surface area contributed by atoms with E-state index in [0.29, 0.717) is 24.2 Å². The van der Waals surface area contributed by atoms with Crippen LogP contribution in [0.15, 0.2) is 23.8 Å². The van der Waals surface area contributed by atoms with E-state index in [2.05, 4.69) is 26.0 Å². The van der Waals surface area contributed by atoms with Crippen LogP contribution in [0.3, 0.4) is 0 Å². The van der Waals surface area contributed by atoms with E-state index < -0.39 is 6.10 Å². The Morgan fingerprint density at radius 2 is 2.00 bits per heavy atom. The molecule has 2 fully saturated rings. The quantitative estimate of drug-likeness (QED) is 0.802. The highest BCUT2D eigenvalue weighted by Gasteiger charge is 2.61. The van der Waals surface area contributed by atoms with Gasteiger partial charge in [0.25, 0.3) is 0 Å². The van der Waals surface area contributed by atoms with Gasteiger partial charge in [-0.1, -0.05) is 26.0 Å². The largest absolute Gasteiger partial charge is 0.392 e. The summed E-state index contributed by atoms with van der Waals surface area (Å²) in [6.07, 6.45) is 10.2. The van der Waals surface area contributed by atoms with Crippen molar-refractivity contribution in [1.82, 2.24) is 0 Å². The number of carbonyl (C=O) groups is 2. The van der Waals surface area contributed by atoms with Gasteiger partial charge in [-0.3, -0.25) is 9.59 Å². The number of Topliss-reactive ketones (excluding diaryl/α,β-unsaturated/α-hetero) is 1. The Balaban J connectivity index is 1.74. The molecule has 0 aromatic carbocycles. The second kappa shape index (κ2) is 5.14. The van der Waals surface area contributed by atoms with Gasteiger partial charge < -0.3 is 5.11 Å². The van der Waals surface area contributed by atoms with Gasteiger partial charge in [0, 0.05) is 12.3 Å². The summed E-state index contributed by atoms with van der Waals surface area (Å²) < 4.78 is 0. The third-order valence-corrected chi connectivity index (χ3v) is 7.98. The zero-order valence-corrected chi connectivity index (χ0v) is 14.9. The minimum atomic E-state index is -0.498. The maximum atomic E-state index is 12.2. The van der Waals surface area contributed by atoms with Gasteiger partial charge in [0.05, 0.1) is 6.10 Å². The first kappa shape index (κ1) is 16.3. The van der Waals surface area contributed by atoms with Crippen molar-refractivity contribution in [2.45, 2.75) is 59.0 Å². The molecule has 3 nitrogen and oxygen atoms in total. The SMILES string of the molecule is CC(=O)[C@H]1C(O)C[C@H]2[C@@H]3C=CC4=CC(=O)CC[C@]4(C)[C@H]3CC[C@]12C. The van der Waals surface area contributed by atoms with E-state index >= 15 is 0 Å². The Bertz CT molecular complexity index is 660. The number of carbonyl (C=O) groups excluding carboxylic acids is 2. The normalized spacial score (nSPS) is 49.9. The molecule has 0 saturated heterocycles. The summed E-state index contributed by atoms with van der Waals surface area (Å²) in [6.45, 7) is 6.18. The molecular formula is C21H28O3. The molecular weight excluding hydrogens is 300 g/mol. The van der Waals surface area contributed by atoms with Crippen molar-refractivity contribution in [2.75, 3.05) is 0 Å². The van der Waals surface area contributed by atoms with Crippen LogP contribution in [0.4, 0.5) is 0 Å². The minimum absolute atomic E-state index is 0.0773. The van der Waals surface area contributed by atoms with Gasteiger partial charge in [-0.05, 0) is 72.8 Å². The summed E-state index contributed by atoms with van der Waals surface area (Å²) in [5.74, 6) is 1.48. The van der Waals surface area contributed by atoms with Crippen LogP contribution in [0.2, 0.25) is 0 Å². The number of allylic oxidation sites excluding steroid dienone is 4. The van der Waals surface area contributed by atoms with Gasteiger partial charge in [-0.2, -0.15) is 0 Å². The number of aliphatic hydroxyl groups is 1. The second-order valence-corrected chi connectivity index (χ2v) is 9.07. The van der Waals surface area contributed by atoms with Crippen molar-refractivity contribution in [1.29, 1.82) is 0 Å². The summed E-state index contributed by atoms with van der Waals surface area (Å²) in [7, 11) is 0. The zero-order chi connectivity index (χ0) is 17.3. The standard InChI is InChI=1S/C21H28O3/c1-12(22)19-18(24)11-17-15-5-4-13-10-14(23)6-8-20(13,2)16(15)7-9-21(17,19)3/h4-5,10,15-19,24H,6-9,11H2,1-3H3/t15-,16+,17+,18?,19+,20+,21+/m1/s1. The van der Waals surface area contributed by atoms with Crippen molar-refractivity contribution in [3.8, 4) is 0 Å². The number of aliphatic hydroxyl groups excluding tert-OH is 1. The first-order chi connectivity index (χ1) is 11.3. The Morgan fingerprint density at radius 1 is 1.25 bits per heavy atom. The minimum Gasteiger partial charge on any atom is -0.392 e. The monoisotopic (exact) mass is 328 g/mol. The van der Waals surface area contributed by atoms with Gasteiger partial charge in [-0.25, -0.2) is 0 Å². The summed E-state index contributed by atoms with van der Waals surface area (Å²) in [4.78, 5) is 24.0. The topological polar surface area (TPSA) is 54.4 Å². The molecule has 0 spiro atoms. The summed E-state index contributed by atoms with van der Waals surface area (Å²) in [5.41, 5.74) is 1.19. The molecule has 0 bridgehead atoms. The molecule has 4 rings (SSSR count). The molecule has 4 aliphatic rings. The molecule has 7 atom stereocenters. The van der Waals surface area contributed by atoms with Crippen LogP contribution in [0.1, 0.15) is 52.9 Å². The Labute approximate surface area is 144 Å². The highest BCUT2D eigenvalue weighted by molar-refractivity contribution is 5.92. The van der Waals surface area contributed by atoms with E-state index in [1.165, 1.54) is 5.57 Å².